The van der Waals surface area contributed by atoms with Gasteiger partial charge in [0.05, 0.1) is 11.6 Å². The molecule has 1 spiro atoms. The highest BCUT2D eigenvalue weighted by molar-refractivity contribution is 7.98. The van der Waals surface area contributed by atoms with Crippen molar-refractivity contribution >= 4 is 23.2 Å². The molecule has 1 aromatic heterocycles. The van der Waals surface area contributed by atoms with Gasteiger partial charge in [-0.2, -0.15) is 23.3 Å². The van der Waals surface area contributed by atoms with Crippen LogP contribution in [0.1, 0.15) is 67.8 Å². The van der Waals surface area contributed by atoms with Crippen LogP contribution in [0.25, 0.3) is 5.57 Å². The van der Waals surface area contributed by atoms with Crippen molar-refractivity contribution in [2.75, 3.05) is 7.05 Å². The lowest BCUT2D eigenvalue weighted by Crippen LogP contribution is -2.64. The van der Waals surface area contributed by atoms with E-state index in [0.717, 1.165) is 41.5 Å². The fourth-order valence-corrected chi connectivity index (χ4v) is 9.23. The van der Waals surface area contributed by atoms with Crippen LogP contribution in [0.2, 0.25) is 0 Å². The highest BCUT2D eigenvalue weighted by Crippen LogP contribution is 2.65. The van der Waals surface area contributed by atoms with Gasteiger partial charge in [0.1, 0.15) is 18.1 Å². The molecule has 49 heavy (non-hydrogen) atoms. The summed E-state index contributed by atoms with van der Waals surface area (Å²) >= 11 is 1.28. The van der Waals surface area contributed by atoms with E-state index >= 15 is 0 Å². The van der Waals surface area contributed by atoms with Crippen LogP contribution >= 0.6 is 11.8 Å². The Labute approximate surface area is 287 Å². The van der Waals surface area contributed by atoms with Gasteiger partial charge < -0.3 is 4.90 Å². The zero-order valence-electron chi connectivity index (χ0n) is 27.5. The highest BCUT2D eigenvalue weighted by Gasteiger charge is 2.76. The lowest BCUT2D eigenvalue weighted by Gasteiger charge is -2.53. The monoisotopic (exact) mass is 693 g/mol. The molecule has 5 unspecified atom stereocenters. The summed E-state index contributed by atoms with van der Waals surface area (Å²) in [5, 5.41) is 4.91. The molecule has 2 saturated carbocycles. The molecule has 1 aliphatic heterocycles. The summed E-state index contributed by atoms with van der Waals surface area (Å²) in [6.45, 7) is 2.12. The number of carbonyl (C=O) groups excluding carboxylic acids is 1. The second-order valence-electron chi connectivity index (χ2n) is 13.6. The minimum Gasteiger partial charge on any atom is -0.332 e. The molecule has 12 heteroatoms. The summed E-state index contributed by atoms with van der Waals surface area (Å²) in [5.41, 5.74) is 2.83. The third-order valence-corrected chi connectivity index (χ3v) is 12.0. The normalized spacial score (nSPS) is 25.8. The van der Waals surface area contributed by atoms with Crippen LogP contribution in [0.4, 0.5) is 17.6 Å². The second kappa shape index (κ2) is 13.2. The molecular formula is C37H39F4N5O2S. The Morgan fingerprint density at radius 3 is 2.43 bits per heavy atom. The van der Waals surface area contributed by atoms with Crippen LogP contribution in [0.3, 0.4) is 0 Å². The molecule has 7 nitrogen and oxygen atoms in total. The van der Waals surface area contributed by atoms with Crippen molar-refractivity contribution < 1.29 is 22.4 Å². The molecule has 3 aliphatic carbocycles. The largest absolute Gasteiger partial charge is 0.412 e. The van der Waals surface area contributed by atoms with E-state index < -0.39 is 17.3 Å². The van der Waals surface area contributed by atoms with Crippen LogP contribution in [-0.4, -0.2) is 61.3 Å². The zero-order valence-corrected chi connectivity index (χ0v) is 28.4. The van der Waals surface area contributed by atoms with Crippen LogP contribution in [0.5, 0.6) is 0 Å². The van der Waals surface area contributed by atoms with E-state index in [4.69, 9.17) is 0 Å². The number of rotatable bonds is 10. The SMILES string of the molecule is CCc1nn(CC(=O)N(Cc2ccc(C3=CC=C(C(F)(F)F)CC3)cc2)C2CC3CCCC4N(C)C324)c(SCc2ccc(F)cc2)nc1=O. The Kier molecular flexibility index (Phi) is 9.06. The van der Waals surface area contributed by atoms with Crippen LogP contribution in [0, 0.1) is 11.7 Å². The van der Waals surface area contributed by atoms with E-state index in [-0.39, 0.29) is 42.0 Å². The lowest BCUT2D eigenvalue weighted by atomic mass is 9.60. The Balaban J connectivity index is 1.15. The Bertz CT molecular complexity index is 1850. The molecule has 1 saturated heterocycles. The van der Waals surface area contributed by atoms with E-state index in [1.54, 1.807) is 18.2 Å². The van der Waals surface area contributed by atoms with Gasteiger partial charge in [0.25, 0.3) is 5.56 Å². The van der Waals surface area contributed by atoms with Crippen LogP contribution in [-0.2, 0) is 30.1 Å². The van der Waals surface area contributed by atoms with E-state index in [0.29, 0.717) is 42.3 Å². The zero-order chi connectivity index (χ0) is 34.5. The number of halogens is 4. The number of likely N-dealkylation sites (tertiary alicyclic amines) is 1. The quantitative estimate of drug-likeness (QED) is 0.130. The minimum absolute atomic E-state index is 0.0206. The first-order valence-electron chi connectivity index (χ1n) is 16.9. The maximum absolute atomic E-state index is 14.4. The summed E-state index contributed by atoms with van der Waals surface area (Å²) in [7, 11) is 2.16. The summed E-state index contributed by atoms with van der Waals surface area (Å²) in [6, 6.07) is 14.4. The number of amides is 1. The fourth-order valence-electron chi connectivity index (χ4n) is 8.34. The Morgan fingerprint density at radius 2 is 1.78 bits per heavy atom. The van der Waals surface area contributed by atoms with Crippen molar-refractivity contribution in [3.8, 4) is 0 Å². The summed E-state index contributed by atoms with van der Waals surface area (Å²) in [4.78, 5) is 35.9. The molecule has 4 aliphatic rings. The molecular weight excluding hydrogens is 654 g/mol. The molecule has 0 radical (unpaired) electrons. The third kappa shape index (κ3) is 6.38. The van der Waals surface area contributed by atoms with Crippen molar-refractivity contribution in [1.82, 2.24) is 24.6 Å². The van der Waals surface area contributed by atoms with Gasteiger partial charge in [-0.05, 0) is 85.9 Å². The molecule has 0 N–H and O–H groups in total. The fraction of sp³-hybridized carbons (Fsp3) is 0.459. The molecule has 258 valence electrons. The van der Waals surface area contributed by atoms with Gasteiger partial charge in [0, 0.05) is 23.9 Å². The molecule has 5 atom stereocenters. The number of carbonyl (C=O) groups is 1. The first-order valence-corrected chi connectivity index (χ1v) is 17.9. The lowest BCUT2D eigenvalue weighted by molar-refractivity contribution is -0.142. The topological polar surface area (TPSA) is 71.1 Å². The average Bonchev–Trinajstić information content (AvgIpc) is 3.73. The van der Waals surface area contributed by atoms with Gasteiger partial charge in [-0.1, -0.05) is 73.7 Å². The predicted octanol–water partition coefficient (Wildman–Crippen LogP) is 6.95. The summed E-state index contributed by atoms with van der Waals surface area (Å²) < 4.78 is 54.4. The first kappa shape index (κ1) is 33.7. The molecule has 0 bridgehead atoms. The van der Waals surface area contributed by atoms with Gasteiger partial charge in [0.2, 0.25) is 5.91 Å². The first-order chi connectivity index (χ1) is 23.5. The number of nitrogens with zero attached hydrogens (tertiary/aromatic N) is 5. The summed E-state index contributed by atoms with van der Waals surface area (Å²) in [5.74, 6) is 0.524. The van der Waals surface area contributed by atoms with Gasteiger partial charge in [0.15, 0.2) is 5.16 Å². The Hall–Kier alpha value is -3.77. The van der Waals surface area contributed by atoms with Crippen molar-refractivity contribution in [3.63, 3.8) is 0 Å². The van der Waals surface area contributed by atoms with E-state index in [1.807, 2.05) is 36.1 Å². The number of thioether (sulfide) groups is 1. The predicted molar refractivity (Wildman–Crippen MR) is 180 cm³/mol. The highest BCUT2D eigenvalue weighted by atomic mass is 32.2. The van der Waals surface area contributed by atoms with Crippen LogP contribution in [0.15, 0.2) is 76.2 Å². The molecule has 2 heterocycles. The van der Waals surface area contributed by atoms with Gasteiger partial charge in [-0.25, -0.2) is 9.07 Å². The Morgan fingerprint density at radius 1 is 1.04 bits per heavy atom. The molecule has 3 fully saturated rings. The van der Waals surface area contributed by atoms with Crippen molar-refractivity contribution in [2.24, 2.45) is 5.92 Å². The average molecular weight is 694 g/mol. The number of aromatic nitrogens is 3. The molecule has 1 amide bonds. The standard InChI is InChI=1S/C37H39F4N5O2S/c1-3-30-34(48)42-35(49-22-24-9-17-29(38)18-10-24)46(43-30)21-33(47)45(32-19-28-5-4-6-31-36(28,32)44(31)2)20-23-7-11-25(12-8-23)26-13-15-27(16-14-26)37(39,40)41/h7-13,15,17-18,28,31-32H,3-6,14,16,19-22H2,1-2H3. The number of benzene rings is 2. The molecule has 3 aromatic rings. The van der Waals surface area contributed by atoms with E-state index in [1.165, 1.54) is 41.1 Å². The van der Waals surface area contributed by atoms with Gasteiger partial charge >= 0.3 is 6.18 Å². The maximum atomic E-state index is 14.4. The number of hydrogen-bond acceptors (Lipinski definition) is 6. The molecule has 2 aromatic carbocycles. The van der Waals surface area contributed by atoms with Crippen LogP contribution < -0.4 is 5.56 Å². The van der Waals surface area contributed by atoms with Gasteiger partial charge in [-0.15, -0.1) is 0 Å². The second-order valence-corrected chi connectivity index (χ2v) is 14.5. The third-order valence-electron chi connectivity index (χ3n) is 11.0. The van der Waals surface area contributed by atoms with Gasteiger partial charge in [-0.3, -0.25) is 14.5 Å². The van der Waals surface area contributed by atoms with E-state index in [9.17, 15) is 27.2 Å². The summed E-state index contributed by atoms with van der Waals surface area (Å²) in [6.07, 6.45) is 3.46. The van der Waals surface area contributed by atoms with Crippen molar-refractivity contribution in [3.05, 3.63) is 105 Å². The van der Waals surface area contributed by atoms with Crippen molar-refractivity contribution in [1.29, 1.82) is 0 Å². The number of alkyl halides is 3. The smallest absolute Gasteiger partial charge is 0.332 e. The number of hydrogen-bond donors (Lipinski definition) is 0. The number of likely N-dealkylation sites (N-methyl/N-ethyl adjacent to an activating group) is 1. The number of aryl methyl sites for hydroxylation is 1. The number of allylic oxidation sites excluding steroid dienone is 4. The minimum atomic E-state index is -4.31. The van der Waals surface area contributed by atoms with E-state index in [2.05, 4.69) is 22.0 Å². The van der Waals surface area contributed by atoms with Crippen molar-refractivity contribution in [2.45, 2.75) is 99.7 Å². The molecule has 7 rings (SSSR count). The maximum Gasteiger partial charge on any atom is 0.412 e.